The number of hydrogen-bond acceptors (Lipinski definition) is 5. The highest BCUT2D eigenvalue weighted by Gasteiger charge is 2.24. The molecule has 1 aliphatic rings. The lowest BCUT2D eigenvalue weighted by atomic mass is 10.4. The van der Waals surface area contributed by atoms with Crippen molar-refractivity contribution >= 4 is 5.97 Å². The van der Waals surface area contributed by atoms with E-state index in [1.807, 2.05) is 0 Å². The number of rotatable bonds is 9. The van der Waals surface area contributed by atoms with Crippen LogP contribution in [0.25, 0.3) is 0 Å². The molecule has 0 radical (unpaired) electrons. The molecule has 0 N–H and O–H groups in total. The van der Waals surface area contributed by atoms with Gasteiger partial charge in [-0.1, -0.05) is 6.08 Å². The first-order chi connectivity index (χ1) is 7.72. The van der Waals surface area contributed by atoms with E-state index < -0.39 is 0 Å². The van der Waals surface area contributed by atoms with Gasteiger partial charge in [0.2, 0.25) is 0 Å². The molecule has 0 aromatic carbocycles. The van der Waals surface area contributed by atoms with Gasteiger partial charge in [0.25, 0.3) is 0 Å². The summed E-state index contributed by atoms with van der Waals surface area (Å²) in [5.74, 6) is -0.319. The Bertz CT molecular complexity index is 224. The summed E-state index contributed by atoms with van der Waals surface area (Å²) in [5, 5.41) is 0. The van der Waals surface area contributed by atoms with Gasteiger partial charge in [0.05, 0.1) is 26.4 Å². The zero-order chi connectivity index (χ0) is 11.8. The summed E-state index contributed by atoms with van der Waals surface area (Å²) in [6, 6.07) is 0. The van der Waals surface area contributed by atoms with Gasteiger partial charge in [-0.05, 0) is 0 Å². The van der Waals surface area contributed by atoms with Crippen molar-refractivity contribution in [2.45, 2.75) is 19.1 Å². The quantitative estimate of drug-likeness (QED) is 0.250. The molecule has 1 aliphatic heterocycles. The average Bonchev–Trinajstić information content (AvgIpc) is 3.05. The molecule has 0 saturated carbocycles. The van der Waals surface area contributed by atoms with Crippen LogP contribution < -0.4 is 0 Å². The molecule has 1 heterocycles. The van der Waals surface area contributed by atoms with E-state index in [4.69, 9.17) is 18.9 Å². The molecule has 5 heteroatoms. The Balaban J connectivity index is 2.15. The molecule has 0 bridgehead atoms. The van der Waals surface area contributed by atoms with E-state index >= 15 is 0 Å². The van der Waals surface area contributed by atoms with Crippen molar-refractivity contribution in [1.29, 1.82) is 0 Å². The van der Waals surface area contributed by atoms with Crippen LogP contribution in [-0.2, 0) is 23.7 Å². The number of ether oxygens (including phenoxy) is 4. The first-order valence-corrected chi connectivity index (χ1v) is 5.27. The van der Waals surface area contributed by atoms with Crippen LogP contribution in [0.1, 0.15) is 6.92 Å². The highest BCUT2D eigenvalue weighted by Crippen LogP contribution is 2.10. The highest BCUT2D eigenvalue weighted by molar-refractivity contribution is 5.65. The zero-order valence-electron chi connectivity index (χ0n) is 9.52. The van der Waals surface area contributed by atoms with Gasteiger partial charge in [-0.3, -0.25) is 4.79 Å². The van der Waals surface area contributed by atoms with Crippen molar-refractivity contribution in [2.75, 3.05) is 33.0 Å². The molecule has 2 atom stereocenters. The molecule has 0 aliphatic carbocycles. The fourth-order valence-corrected chi connectivity index (χ4v) is 1.05. The van der Waals surface area contributed by atoms with Gasteiger partial charge in [-0.15, -0.1) is 6.58 Å². The number of hydrogen-bond donors (Lipinski definition) is 0. The van der Waals surface area contributed by atoms with E-state index in [1.54, 1.807) is 6.08 Å². The summed E-state index contributed by atoms with van der Waals surface area (Å²) >= 11 is 0. The first-order valence-electron chi connectivity index (χ1n) is 5.27. The predicted molar refractivity (Wildman–Crippen MR) is 57.1 cm³/mol. The second-order valence-electron chi connectivity index (χ2n) is 3.54. The van der Waals surface area contributed by atoms with Gasteiger partial charge in [-0.2, -0.15) is 0 Å². The van der Waals surface area contributed by atoms with Gasteiger partial charge in [0, 0.05) is 6.92 Å². The molecule has 92 valence electrons. The summed E-state index contributed by atoms with van der Waals surface area (Å²) < 4.78 is 20.7. The number of carbonyl (C=O) groups excluding carboxylic acids is 1. The van der Waals surface area contributed by atoms with Crippen molar-refractivity contribution < 1.29 is 23.7 Å². The molecule has 0 unspecified atom stereocenters. The van der Waals surface area contributed by atoms with Crippen LogP contribution in [0.3, 0.4) is 0 Å². The average molecular weight is 230 g/mol. The maximum atomic E-state index is 10.7. The van der Waals surface area contributed by atoms with Crippen LogP contribution in [0.15, 0.2) is 12.7 Å². The summed E-state index contributed by atoms with van der Waals surface area (Å²) in [4.78, 5) is 10.7. The van der Waals surface area contributed by atoms with Gasteiger partial charge in [0.1, 0.15) is 18.8 Å². The largest absolute Gasteiger partial charge is 0.463 e. The van der Waals surface area contributed by atoms with Crippen LogP contribution in [0.2, 0.25) is 0 Å². The Morgan fingerprint density at radius 3 is 2.94 bits per heavy atom. The van der Waals surface area contributed by atoms with E-state index in [2.05, 4.69) is 6.58 Å². The van der Waals surface area contributed by atoms with E-state index in [9.17, 15) is 4.79 Å². The van der Waals surface area contributed by atoms with Crippen LogP contribution in [0.4, 0.5) is 0 Å². The van der Waals surface area contributed by atoms with Gasteiger partial charge < -0.3 is 18.9 Å². The summed E-state index contributed by atoms with van der Waals surface area (Å²) in [6.07, 6.45) is 1.61. The number of esters is 1. The van der Waals surface area contributed by atoms with Gasteiger partial charge in [0.15, 0.2) is 0 Å². The van der Waals surface area contributed by atoms with Gasteiger partial charge in [-0.25, -0.2) is 0 Å². The number of carbonyl (C=O) groups is 1. The van der Waals surface area contributed by atoms with Crippen LogP contribution in [-0.4, -0.2) is 51.2 Å². The van der Waals surface area contributed by atoms with E-state index in [0.29, 0.717) is 19.8 Å². The monoisotopic (exact) mass is 230 g/mol. The minimum absolute atomic E-state index is 0.194. The third-order valence-corrected chi connectivity index (χ3v) is 1.93. The van der Waals surface area contributed by atoms with Crippen molar-refractivity contribution in [3.05, 3.63) is 12.7 Å². The Labute approximate surface area is 95.3 Å². The minimum atomic E-state index is -0.319. The molecule has 5 nitrogen and oxygen atoms in total. The summed E-state index contributed by atoms with van der Waals surface area (Å²) in [6.45, 7) is 7.22. The third-order valence-electron chi connectivity index (χ3n) is 1.93. The minimum Gasteiger partial charge on any atom is -0.463 e. The van der Waals surface area contributed by atoms with Crippen molar-refractivity contribution in [1.82, 2.24) is 0 Å². The summed E-state index contributed by atoms with van der Waals surface area (Å²) in [7, 11) is 0. The van der Waals surface area contributed by atoms with Crippen molar-refractivity contribution in [3.8, 4) is 0 Å². The van der Waals surface area contributed by atoms with Crippen LogP contribution in [0.5, 0.6) is 0 Å². The molecule has 0 aromatic rings. The zero-order valence-corrected chi connectivity index (χ0v) is 9.52. The van der Waals surface area contributed by atoms with E-state index in [0.717, 1.165) is 6.61 Å². The Morgan fingerprint density at radius 1 is 1.62 bits per heavy atom. The molecule has 16 heavy (non-hydrogen) atoms. The maximum absolute atomic E-state index is 10.7. The maximum Gasteiger partial charge on any atom is 0.302 e. The molecule has 1 saturated heterocycles. The van der Waals surface area contributed by atoms with E-state index in [1.165, 1.54) is 6.92 Å². The molecule has 1 fully saturated rings. The highest BCUT2D eigenvalue weighted by atomic mass is 16.6. The lowest BCUT2D eigenvalue weighted by Crippen LogP contribution is -2.28. The third kappa shape index (κ3) is 6.55. The fraction of sp³-hybridized carbons (Fsp3) is 0.727. The Kier molecular flexibility index (Phi) is 6.07. The first kappa shape index (κ1) is 13.2. The van der Waals surface area contributed by atoms with Crippen LogP contribution in [0, 0.1) is 0 Å². The number of epoxide rings is 1. The molecule has 1 rings (SSSR count). The molecular formula is C11H18O5. The smallest absolute Gasteiger partial charge is 0.302 e. The van der Waals surface area contributed by atoms with Crippen molar-refractivity contribution in [3.63, 3.8) is 0 Å². The Morgan fingerprint density at radius 2 is 2.38 bits per heavy atom. The van der Waals surface area contributed by atoms with E-state index in [-0.39, 0.29) is 24.8 Å². The van der Waals surface area contributed by atoms with Crippen LogP contribution >= 0.6 is 0 Å². The lowest BCUT2D eigenvalue weighted by molar-refractivity contribution is -0.147. The molecule has 0 spiro atoms. The normalized spacial score (nSPS) is 20.2. The Hall–Kier alpha value is -0.910. The standard InChI is InChI=1S/C11H18O5/c1-3-4-13-5-10(6-14-9(2)12)15-7-11-8-16-11/h3,10-11H,1,4-8H2,2H3/t10-,11-/m1/s1. The fourth-order valence-electron chi connectivity index (χ4n) is 1.05. The predicted octanol–water partition coefficient (Wildman–Crippen LogP) is 0.536. The molecule has 0 amide bonds. The molecule has 0 aromatic heterocycles. The second kappa shape index (κ2) is 7.38. The second-order valence-corrected chi connectivity index (χ2v) is 3.54. The lowest BCUT2D eigenvalue weighted by Gasteiger charge is -2.16. The van der Waals surface area contributed by atoms with Crippen molar-refractivity contribution in [2.24, 2.45) is 0 Å². The summed E-state index contributed by atoms with van der Waals surface area (Å²) in [5.41, 5.74) is 0. The molecular weight excluding hydrogens is 212 g/mol. The SMILES string of the molecule is C=CCOC[C@H](COC(C)=O)OC[C@@H]1CO1. The topological polar surface area (TPSA) is 57.3 Å². The van der Waals surface area contributed by atoms with Gasteiger partial charge >= 0.3 is 5.97 Å².